The molecule has 1 aromatic heterocycles. The van der Waals surface area contributed by atoms with Gasteiger partial charge in [0.05, 0.1) is 5.69 Å². The highest BCUT2D eigenvalue weighted by Gasteiger charge is 2.15. The summed E-state index contributed by atoms with van der Waals surface area (Å²) in [4.78, 5) is 24.1. The minimum absolute atomic E-state index is 0.237. The summed E-state index contributed by atoms with van der Waals surface area (Å²) in [5, 5.41) is 5.54. The van der Waals surface area contributed by atoms with E-state index in [4.69, 9.17) is 0 Å². The number of hydrogen-bond acceptors (Lipinski definition) is 4. The number of unbranched alkanes of at least 4 members (excludes halogenated alkanes) is 3. The summed E-state index contributed by atoms with van der Waals surface area (Å²) in [7, 11) is 0. The molecule has 0 bridgehead atoms. The molecule has 1 aliphatic heterocycles. The Morgan fingerprint density at radius 3 is 3.05 bits per heavy atom. The van der Waals surface area contributed by atoms with Gasteiger partial charge in [-0.25, -0.2) is 14.8 Å². The number of fused-ring (bicyclic) bond motifs is 1. The van der Waals surface area contributed by atoms with Crippen LogP contribution in [0.15, 0.2) is 11.3 Å². The molecule has 2 rings (SSSR count). The van der Waals surface area contributed by atoms with Crippen LogP contribution in [0.3, 0.4) is 0 Å². The van der Waals surface area contributed by atoms with E-state index in [0.29, 0.717) is 24.5 Å². The fraction of sp³-hybridized carbons (Fsp3) is 0.538. The number of rotatable bonds is 6. The average molecular weight is 261 g/mol. The lowest BCUT2D eigenvalue weighted by Crippen LogP contribution is -2.30. The van der Waals surface area contributed by atoms with Crippen molar-refractivity contribution in [2.45, 2.75) is 39.0 Å². The third kappa shape index (κ3) is 3.74. The highest BCUT2D eigenvalue weighted by atomic mass is 16.2. The van der Waals surface area contributed by atoms with Crippen LogP contribution in [-0.2, 0) is 6.42 Å². The van der Waals surface area contributed by atoms with Crippen molar-refractivity contribution in [1.82, 2.24) is 15.3 Å². The summed E-state index contributed by atoms with van der Waals surface area (Å²) < 4.78 is 0. The van der Waals surface area contributed by atoms with Gasteiger partial charge in [0.25, 0.3) is 0 Å². The Hall–Kier alpha value is -1.98. The first-order chi connectivity index (χ1) is 9.31. The van der Waals surface area contributed by atoms with Crippen molar-refractivity contribution in [2.24, 2.45) is 4.99 Å². The minimum Gasteiger partial charge on any atom is -0.338 e. The van der Waals surface area contributed by atoms with Crippen LogP contribution in [0.5, 0.6) is 0 Å². The van der Waals surface area contributed by atoms with E-state index in [0.717, 1.165) is 18.5 Å². The molecule has 0 spiro atoms. The molecule has 6 heteroatoms. The fourth-order valence-electron chi connectivity index (χ4n) is 1.92. The maximum atomic E-state index is 11.7. The second-order valence-electron chi connectivity index (χ2n) is 4.47. The van der Waals surface area contributed by atoms with Gasteiger partial charge >= 0.3 is 6.03 Å². The number of nitrogens with one attached hydrogen (secondary N) is 2. The van der Waals surface area contributed by atoms with Crippen molar-refractivity contribution in [1.29, 1.82) is 0 Å². The van der Waals surface area contributed by atoms with E-state index < -0.39 is 0 Å². The molecule has 0 unspecified atom stereocenters. The monoisotopic (exact) mass is 261 g/mol. The van der Waals surface area contributed by atoms with E-state index in [9.17, 15) is 4.79 Å². The van der Waals surface area contributed by atoms with Gasteiger partial charge in [0.2, 0.25) is 0 Å². The molecule has 0 aromatic carbocycles. The Kier molecular flexibility index (Phi) is 4.83. The molecule has 0 saturated heterocycles. The van der Waals surface area contributed by atoms with Crippen LogP contribution in [0.2, 0.25) is 0 Å². The molecular formula is C13H19N5O. The standard InChI is InChI=1S/C13H19N5O/c1-2-3-4-5-7-15-13(19)18-12-11-10(6-8-14-11)16-9-17-12/h8-9H,2-7H2,1H3,(H2,15,16,17,18,19). The molecule has 0 fully saturated rings. The first kappa shape index (κ1) is 13.5. The van der Waals surface area contributed by atoms with E-state index in [-0.39, 0.29) is 6.03 Å². The molecule has 2 N–H and O–H groups in total. The van der Waals surface area contributed by atoms with E-state index in [1.807, 2.05) is 0 Å². The van der Waals surface area contributed by atoms with Gasteiger partial charge in [-0.2, -0.15) is 0 Å². The van der Waals surface area contributed by atoms with Crippen molar-refractivity contribution in [2.75, 3.05) is 11.9 Å². The topological polar surface area (TPSA) is 79.3 Å². The molecule has 1 aromatic rings. The van der Waals surface area contributed by atoms with Crippen LogP contribution in [-0.4, -0.2) is 28.8 Å². The van der Waals surface area contributed by atoms with Gasteiger partial charge in [-0.15, -0.1) is 0 Å². The molecule has 0 atom stereocenters. The predicted molar refractivity (Wildman–Crippen MR) is 75.1 cm³/mol. The predicted octanol–water partition coefficient (Wildman–Crippen LogP) is 2.44. The second kappa shape index (κ2) is 6.82. The average Bonchev–Trinajstić information content (AvgIpc) is 2.88. The van der Waals surface area contributed by atoms with Crippen molar-refractivity contribution in [3.05, 3.63) is 12.0 Å². The number of aromatic nitrogens is 2. The van der Waals surface area contributed by atoms with Crippen LogP contribution in [0.4, 0.5) is 16.3 Å². The minimum atomic E-state index is -0.237. The molecule has 1 aliphatic rings. The van der Waals surface area contributed by atoms with E-state index in [2.05, 4.69) is 32.5 Å². The van der Waals surface area contributed by atoms with Crippen molar-refractivity contribution < 1.29 is 4.79 Å². The molecule has 102 valence electrons. The van der Waals surface area contributed by atoms with Gasteiger partial charge in [0.1, 0.15) is 12.0 Å². The van der Waals surface area contributed by atoms with E-state index in [1.54, 1.807) is 6.21 Å². The van der Waals surface area contributed by atoms with E-state index >= 15 is 0 Å². The largest absolute Gasteiger partial charge is 0.338 e. The Labute approximate surface area is 112 Å². The van der Waals surface area contributed by atoms with Gasteiger partial charge in [-0.05, 0) is 6.42 Å². The van der Waals surface area contributed by atoms with Gasteiger partial charge in [0.15, 0.2) is 5.82 Å². The summed E-state index contributed by atoms with van der Waals surface area (Å²) in [6.07, 6.45) is 8.46. The number of hydrogen-bond donors (Lipinski definition) is 2. The normalized spacial score (nSPS) is 12.3. The molecule has 6 nitrogen and oxygen atoms in total. The van der Waals surface area contributed by atoms with Crippen LogP contribution >= 0.6 is 0 Å². The lowest BCUT2D eigenvalue weighted by Gasteiger charge is -2.08. The van der Waals surface area contributed by atoms with Crippen LogP contribution in [0.25, 0.3) is 0 Å². The Balaban J connectivity index is 1.80. The Morgan fingerprint density at radius 2 is 2.21 bits per heavy atom. The summed E-state index contributed by atoms with van der Waals surface area (Å²) in [5.41, 5.74) is 1.52. The zero-order valence-corrected chi connectivity index (χ0v) is 11.1. The highest BCUT2D eigenvalue weighted by molar-refractivity contribution is 5.93. The number of carbonyl (C=O) groups excluding carboxylic acids is 1. The summed E-state index contributed by atoms with van der Waals surface area (Å²) in [5.74, 6) is 0.477. The second-order valence-corrected chi connectivity index (χ2v) is 4.47. The zero-order chi connectivity index (χ0) is 13.5. The smallest absolute Gasteiger partial charge is 0.320 e. The highest BCUT2D eigenvalue weighted by Crippen LogP contribution is 2.28. The number of urea groups is 1. The fourth-order valence-corrected chi connectivity index (χ4v) is 1.92. The third-order valence-electron chi connectivity index (χ3n) is 2.95. The SMILES string of the molecule is CCCCCCNC(=O)Nc1ncnc2c1N=CC2. The first-order valence-corrected chi connectivity index (χ1v) is 6.72. The van der Waals surface area contributed by atoms with Crippen LogP contribution < -0.4 is 10.6 Å². The molecule has 0 aliphatic carbocycles. The van der Waals surface area contributed by atoms with E-state index in [1.165, 1.54) is 19.2 Å². The van der Waals surface area contributed by atoms with Gasteiger partial charge < -0.3 is 5.32 Å². The first-order valence-electron chi connectivity index (χ1n) is 6.72. The van der Waals surface area contributed by atoms with Gasteiger partial charge in [-0.3, -0.25) is 10.3 Å². The molecule has 0 saturated carbocycles. The maximum absolute atomic E-state index is 11.7. The number of nitrogens with zero attached hydrogens (tertiary/aromatic N) is 3. The molecule has 0 radical (unpaired) electrons. The number of amides is 2. The zero-order valence-electron chi connectivity index (χ0n) is 11.1. The molecule has 2 amide bonds. The lowest BCUT2D eigenvalue weighted by molar-refractivity contribution is 0.252. The summed E-state index contributed by atoms with van der Waals surface area (Å²) in [6.45, 7) is 2.85. The lowest BCUT2D eigenvalue weighted by atomic mass is 10.2. The molecule has 19 heavy (non-hydrogen) atoms. The number of carbonyl (C=O) groups is 1. The Bertz CT molecular complexity index is 472. The van der Waals surface area contributed by atoms with Crippen LogP contribution in [0, 0.1) is 0 Å². The summed E-state index contributed by atoms with van der Waals surface area (Å²) in [6, 6.07) is -0.237. The van der Waals surface area contributed by atoms with Crippen molar-refractivity contribution in [3.63, 3.8) is 0 Å². The van der Waals surface area contributed by atoms with Crippen molar-refractivity contribution in [3.8, 4) is 0 Å². The van der Waals surface area contributed by atoms with Crippen LogP contribution in [0.1, 0.15) is 38.3 Å². The number of anilines is 1. The Morgan fingerprint density at radius 1 is 1.32 bits per heavy atom. The number of aliphatic imine (C=N–C) groups is 1. The molecule has 2 heterocycles. The third-order valence-corrected chi connectivity index (χ3v) is 2.95. The maximum Gasteiger partial charge on any atom is 0.320 e. The molecular weight excluding hydrogens is 242 g/mol. The van der Waals surface area contributed by atoms with Gasteiger partial charge in [-0.1, -0.05) is 26.2 Å². The summed E-state index contributed by atoms with van der Waals surface area (Å²) >= 11 is 0. The van der Waals surface area contributed by atoms with Gasteiger partial charge in [0, 0.05) is 19.2 Å². The van der Waals surface area contributed by atoms with Crippen molar-refractivity contribution >= 4 is 23.8 Å². The quantitative estimate of drug-likeness (QED) is 0.772.